The predicted molar refractivity (Wildman–Crippen MR) is 80.4 cm³/mol. The molecule has 2 aliphatic rings. The van der Waals surface area contributed by atoms with Crippen LogP contribution in [-0.2, 0) is 4.74 Å². The van der Waals surface area contributed by atoms with E-state index in [1.807, 2.05) is 7.11 Å². The number of hydrogen-bond acceptors (Lipinski definition) is 3. The summed E-state index contributed by atoms with van der Waals surface area (Å²) in [5.41, 5.74) is 0.486. The molecule has 2 rings (SSSR count). The molecule has 0 N–H and O–H groups in total. The highest BCUT2D eigenvalue weighted by Gasteiger charge is 2.38. The van der Waals surface area contributed by atoms with Gasteiger partial charge < -0.3 is 4.74 Å². The third-order valence-electron chi connectivity index (χ3n) is 5.00. The number of methoxy groups -OCH3 is 1. The van der Waals surface area contributed by atoms with Crippen LogP contribution in [-0.4, -0.2) is 43.5 Å². The summed E-state index contributed by atoms with van der Waals surface area (Å²) in [4.78, 5) is 2.68. The standard InChI is InChI=1S/C15H29NOS/c1-13(14-5-6-14)16(9-10-17-2)11-15(12-18)7-3-4-8-15/h13-14,18H,3-12H2,1-2H3. The molecule has 0 aromatic rings. The van der Waals surface area contributed by atoms with E-state index in [1.165, 1.54) is 45.1 Å². The molecule has 0 saturated heterocycles. The average Bonchev–Trinajstić information content (AvgIpc) is 3.14. The second-order valence-electron chi connectivity index (χ2n) is 6.41. The van der Waals surface area contributed by atoms with Gasteiger partial charge >= 0.3 is 0 Å². The minimum Gasteiger partial charge on any atom is -0.383 e. The van der Waals surface area contributed by atoms with E-state index in [1.54, 1.807) is 0 Å². The Labute approximate surface area is 118 Å². The smallest absolute Gasteiger partial charge is 0.0589 e. The van der Waals surface area contributed by atoms with E-state index < -0.39 is 0 Å². The van der Waals surface area contributed by atoms with E-state index >= 15 is 0 Å². The molecule has 0 aromatic heterocycles. The Morgan fingerprint density at radius 1 is 1.33 bits per heavy atom. The summed E-state index contributed by atoms with van der Waals surface area (Å²) in [7, 11) is 1.81. The molecule has 3 heteroatoms. The van der Waals surface area contributed by atoms with Crippen molar-refractivity contribution in [3.63, 3.8) is 0 Å². The van der Waals surface area contributed by atoms with Crippen LogP contribution in [0.4, 0.5) is 0 Å². The molecule has 2 aliphatic carbocycles. The molecule has 2 nitrogen and oxygen atoms in total. The maximum atomic E-state index is 5.29. The lowest BCUT2D eigenvalue weighted by Crippen LogP contribution is -2.44. The summed E-state index contributed by atoms with van der Waals surface area (Å²) in [5.74, 6) is 1.99. The summed E-state index contributed by atoms with van der Waals surface area (Å²) in [6, 6.07) is 0.734. The number of ether oxygens (including phenoxy) is 1. The van der Waals surface area contributed by atoms with Crippen molar-refractivity contribution in [3.8, 4) is 0 Å². The second-order valence-corrected chi connectivity index (χ2v) is 6.72. The van der Waals surface area contributed by atoms with Gasteiger partial charge in [0.15, 0.2) is 0 Å². The van der Waals surface area contributed by atoms with E-state index in [2.05, 4.69) is 24.5 Å². The third-order valence-corrected chi connectivity index (χ3v) is 5.67. The molecular formula is C15H29NOS. The molecular weight excluding hydrogens is 242 g/mol. The fourth-order valence-corrected chi connectivity index (χ4v) is 3.85. The van der Waals surface area contributed by atoms with Crippen LogP contribution in [0, 0.1) is 11.3 Å². The van der Waals surface area contributed by atoms with Crippen LogP contribution in [0.25, 0.3) is 0 Å². The molecule has 1 unspecified atom stereocenters. The van der Waals surface area contributed by atoms with Gasteiger partial charge in [-0.05, 0) is 49.7 Å². The minimum atomic E-state index is 0.486. The Kier molecular flexibility index (Phi) is 5.40. The van der Waals surface area contributed by atoms with Gasteiger partial charge in [0.05, 0.1) is 6.61 Å². The number of hydrogen-bond donors (Lipinski definition) is 1. The van der Waals surface area contributed by atoms with Gasteiger partial charge in [-0.1, -0.05) is 12.8 Å². The van der Waals surface area contributed by atoms with Crippen molar-refractivity contribution in [2.45, 2.75) is 51.5 Å². The average molecular weight is 271 g/mol. The lowest BCUT2D eigenvalue weighted by Gasteiger charge is -2.38. The van der Waals surface area contributed by atoms with Gasteiger partial charge in [0, 0.05) is 26.2 Å². The van der Waals surface area contributed by atoms with Gasteiger partial charge in [-0.3, -0.25) is 4.90 Å². The zero-order chi connectivity index (χ0) is 13.0. The van der Waals surface area contributed by atoms with E-state index in [0.29, 0.717) is 5.41 Å². The van der Waals surface area contributed by atoms with Gasteiger partial charge in [0.1, 0.15) is 0 Å². The number of nitrogens with zero attached hydrogens (tertiary/aromatic N) is 1. The third kappa shape index (κ3) is 3.64. The quantitative estimate of drug-likeness (QED) is 0.681. The summed E-state index contributed by atoms with van der Waals surface area (Å²) in [6.45, 7) is 5.59. The molecule has 18 heavy (non-hydrogen) atoms. The Morgan fingerprint density at radius 2 is 2.00 bits per heavy atom. The zero-order valence-corrected chi connectivity index (χ0v) is 12.9. The van der Waals surface area contributed by atoms with Crippen LogP contribution in [0.2, 0.25) is 0 Å². The normalized spacial score (nSPS) is 24.7. The van der Waals surface area contributed by atoms with E-state index in [9.17, 15) is 0 Å². The Bertz CT molecular complexity index is 249. The molecule has 0 spiro atoms. The molecule has 1 atom stereocenters. The lowest BCUT2D eigenvalue weighted by molar-refractivity contribution is 0.0812. The highest BCUT2D eigenvalue weighted by atomic mass is 32.1. The van der Waals surface area contributed by atoms with Crippen molar-refractivity contribution in [2.75, 3.05) is 32.6 Å². The highest BCUT2D eigenvalue weighted by molar-refractivity contribution is 7.80. The molecule has 2 saturated carbocycles. The molecule has 0 aliphatic heterocycles. The summed E-state index contributed by atoms with van der Waals surface area (Å²) >= 11 is 4.65. The van der Waals surface area contributed by atoms with Crippen LogP contribution in [0.1, 0.15) is 45.4 Å². The maximum absolute atomic E-state index is 5.29. The zero-order valence-electron chi connectivity index (χ0n) is 12.0. The van der Waals surface area contributed by atoms with Gasteiger partial charge in [0.2, 0.25) is 0 Å². The van der Waals surface area contributed by atoms with E-state index in [0.717, 1.165) is 30.9 Å². The fraction of sp³-hybridized carbons (Fsp3) is 1.00. The Balaban J connectivity index is 1.93. The van der Waals surface area contributed by atoms with Crippen LogP contribution >= 0.6 is 12.6 Å². The predicted octanol–water partition coefficient (Wildman–Crippen LogP) is 3.22. The largest absolute Gasteiger partial charge is 0.383 e. The fourth-order valence-electron chi connectivity index (χ4n) is 3.43. The first-order valence-electron chi connectivity index (χ1n) is 7.55. The molecule has 0 amide bonds. The molecule has 0 aromatic carbocycles. The summed E-state index contributed by atoms with van der Waals surface area (Å²) in [6.07, 6.45) is 8.40. The van der Waals surface area contributed by atoms with E-state index in [-0.39, 0.29) is 0 Å². The molecule has 0 radical (unpaired) electrons. The van der Waals surface area contributed by atoms with Crippen molar-refractivity contribution in [2.24, 2.45) is 11.3 Å². The van der Waals surface area contributed by atoms with Crippen molar-refractivity contribution >= 4 is 12.6 Å². The molecule has 0 bridgehead atoms. The minimum absolute atomic E-state index is 0.486. The lowest BCUT2D eigenvalue weighted by atomic mass is 9.87. The molecule has 0 heterocycles. The number of rotatable bonds is 8. The van der Waals surface area contributed by atoms with Gasteiger partial charge in [-0.25, -0.2) is 0 Å². The molecule has 2 fully saturated rings. The van der Waals surface area contributed by atoms with Crippen LogP contribution in [0.3, 0.4) is 0 Å². The van der Waals surface area contributed by atoms with Gasteiger partial charge in [-0.15, -0.1) is 0 Å². The maximum Gasteiger partial charge on any atom is 0.0589 e. The first-order valence-corrected chi connectivity index (χ1v) is 8.18. The SMILES string of the molecule is COCCN(CC1(CS)CCCC1)C(C)C1CC1. The van der Waals surface area contributed by atoms with Crippen LogP contribution in [0.15, 0.2) is 0 Å². The summed E-state index contributed by atoms with van der Waals surface area (Å²) < 4.78 is 5.29. The topological polar surface area (TPSA) is 12.5 Å². The van der Waals surface area contributed by atoms with Crippen molar-refractivity contribution in [3.05, 3.63) is 0 Å². The van der Waals surface area contributed by atoms with E-state index in [4.69, 9.17) is 4.74 Å². The van der Waals surface area contributed by atoms with Crippen LogP contribution < -0.4 is 0 Å². The van der Waals surface area contributed by atoms with Crippen molar-refractivity contribution < 1.29 is 4.74 Å². The molecule has 106 valence electrons. The van der Waals surface area contributed by atoms with Crippen LogP contribution in [0.5, 0.6) is 0 Å². The second kappa shape index (κ2) is 6.62. The first-order chi connectivity index (χ1) is 8.71. The van der Waals surface area contributed by atoms with Crippen molar-refractivity contribution in [1.29, 1.82) is 0 Å². The highest BCUT2D eigenvalue weighted by Crippen LogP contribution is 2.42. The van der Waals surface area contributed by atoms with Gasteiger partial charge in [0.25, 0.3) is 0 Å². The Hall–Kier alpha value is 0.270. The Morgan fingerprint density at radius 3 is 2.50 bits per heavy atom. The summed E-state index contributed by atoms with van der Waals surface area (Å²) in [5, 5.41) is 0. The van der Waals surface area contributed by atoms with Gasteiger partial charge in [-0.2, -0.15) is 12.6 Å². The number of thiol groups is 1. The van der Waals surface area contributed by atoms with Crippen molar-refractivity contribution in [1.82, 2.24) is 4.90 Å². The first kappa shape index (κ1) is 14.7. The monoisotopic (exact) mass is 271 g/mol.